The molecule has 0 N–H and O–H groups in total. The predicted molar refractivity (Wildman–Crippen MR) is 51.3 cm³/mol. The first-order chi connectivity index (χ1) is 6.19. The van der Waals surface area contributed by atoms with Crippen LogP contribution in [-0.2, 0) is 9.59 Å². The number of carbonyl (C=O) groups is 2. The molecule has 0 aromatic rings. The Balaban J connectivity index is 2.67. The van der Waals surface area contributed by atoms with Gasteiger partial charge in [-0.3, -0.25) is 9.59 Å². The quantitative estimate of drug-likeness (QED) is 0.482. The first kappa shape index (κ1) is 10.2. The van der Waals surface area contributed by atoms with Crippen LogP contribution in [0.4, 0.5) is 0 Å². The van der Waals surface area contributed by atoms with Crippen molar-refractivity contribution < 1.29 is 9.59 Å². The van der Waals surface area contributed by atoms with Crippen LogP contribution in [0.25, 0.3) is 0 Å². The minimum atomic E-state index is -0.304. The highest BCUT2D eigenvalue weighted by Gasteiger charge is 2.32. The van der Waals surface area contributed by atoms with Gasteiger partial charge in [0, 0.05) is 12.8 Å². The Kier molecular flexibility index (Phi) is 3.40. The van der Waals surface area contributed by atoms with E-state index in [0.29, 0.717) is 19.3 Å². The normalized spacial score (nSPS) is 30.0. The number of allylic oxidation sites excluding steroid dienone is 2. The SMILES string of the molecule is C/C=C\C1CC(=O)C(CC)C(=O)C1. The van der Waals surface area contributed by atoms with Gasteiger partial charge >= 0.3 is 0 Å². The molecule has 0 aliphatic heterocycles. The Labute approximate surface area is 79.0 Å². The molecule has 0 bridgehead atoms. The first-order valence-corrected chi connectivity index (χ1v) is 4.87. The Bertz CT molecular complexity index is 222. The molecule has 0 heterocycles. The molecule has 2 heteroatoms. The molecule has 72 valence electrons. The van der Waals surface area contributed by atoms with Gasteiger partial charge in [-0.2, -0.15) is 0 Å². The van der Waals surface area contributed by atoms with Gasteiger partial charge in [-0.25, -0.2) is 0 Å². The fraction of sp³-hybridized carbons (Fsp3) is 0.636. The van der Waals surface area contributed by atoms with Crippen molar-refractivity contribution in [1.29, 1.82) is 0 Å². The zero-order chi connectivity index (χ0) is 9.84. The van der Waals surface area contributed by atoms with Crippen LogP contribution in [0, 0.1) is 11.8 Å². The van der Waals surface area contributed by atoms with Gasteiger partial charge in [0.25, 0.3) is 0 Å². The third-order valence-corrected chi connectivity index (χ3v) is 2.58. The maximum absolute atomic E-state index is 11.5. The first-order valence-electron chi connectivity index (χ1n) is 4.87. The minimum absolute atomic E-state index is 0.127. The molecule has 2 nitrogen and oxygen atoms in total. The van der Waals surface area contributed by atoms with Crippen molar-refractivity contribution in [3.8, 4) is 0 Å². The van der Waals surface area contributed by atoms with E-state index in [1.807, 2.05) is 26.0 Å². The predicted octanol–water partition coefficient (Wildman–Crippen LogP) is 2.14. The molecule has 0 aromatic carbocycles. The van der Waals surface area contributed by atoms with E-state index < -0.39 is 0 Å². The fourth-order valence-electron chi connectivity index (χ4n) is 1.92. The molecular formula is C11H16O2. The summed E-state index contributed by atoms with van der Waals surface area (Å²) in [6.45, 7) is 3.82. The summed E-state index contributed by atoms with van der Waals surface area (Å²) in [7, 11) is 0. The second-order valence-electron chi connectivity index (χ2n) is 3.59. The van der Waals surface area contributed by atoms with E-state index in [9.17, 15) is 9.59 Å². The van der Waals surface area contributed by atoms with Gasteiger partial charge in [-0.15, -0.1) is 0 Å². The largest absolute Gasteiger partial charge is 0.299 e. The summed E-state index contributed by atoms with van der Waals surface area (Å²) >= 11 is 0. The van der Waals surface area contributed by atoms with E-state index in [-0.39, 0.29) is 23.4 Å². The van der Waals surface area contributed by atoms with Gasteiger partial charge in [0.05, 0.1) is 5.92 Å². The summed E-state index contributed by atoms with van der Waals surface area (Å²) in [5, 5.41) is 0. The number of carbonyl (C=O) groups excluding carboxylic acids is 2. The maximum atomic E-state index is 11.5. The summed E-state index contributed by atoms with van der Waals surface area (Å²) in [5.41, 5.74) is 0. The van der Waals surface area contributed by atoms with Crippen LogP contribution in [0.2, 0.25) is 0 Å². The average Bonchev–Trinajstić information content (AvgIpc) is 2.04. The number of hydrogen-bond donors (Lipinski definition) is 0. The third-order valence-electron chi connectivity index (χ3n) is 2.58. The standard InChI is InChI=1S/C11H16O2/c1-3-5-8-6-10(12)9(4-2)11(13)7-8/h3,5,8-9H,4,6-7H2,1-2H3/b5-3-. The Morgan fingerprint density at radius 2 is 1.85 bits per heavy atom. The van der Waals surface area contributed by atoms with Gasteiger partial charge in [0.2, 0.25) is 0 Å². The van der Waals surface area contributed by atoms with Crippen molar-refractivity contribution in [3.63, 3.8) is 0 Å². The molecule has 1 aliphatic carbocycles. The smallest absolute Gasteiger partial charge is 0.143 e. The highest BCUT2D eigenvalue weighted by Crippen LogP contribution is 2.25. The van der Waals surface area contributed by atoms with E-state index in [1.165, 1.54) is 0 Å². The minimum Gasteiger partial charge on any atom is -0.299 e. The van der Waals surface area contributed by atoms with Crippen LogP contribution in [0.3, 0.4) is 0 Å². The molecule has 1 rings (SSSR count). The lowest BCUT2D eigenvalue weighted by Gasteiger charge is -2.23. The highest BCUT2D eigenvalue weighted by atomic mass is 16.2. The van der Waals surface area contributed by atoms with Crippen LogP contribution in [0.1, 0.15) is 33.1 Å². The molecule has 0 spiro atoms. The van der Waals surface area contributed by atoms with Crippen LogP contribution in [0.15, 0.2) is 12.2 Å². The lowest BCUT2D eigenvalue weighted by molar-refractivity contribution is -0.136. The molecule has 0 aromatic heterocycles. The number of ketones is 2. The molecule has 0 radical (unpaired) electrons. The van der Waals surface area contributed by atoms with Crippen molar-refractivity contribution in [2.75, 3.05) is 0 Å². The topological polar surface area (TPSA) is 34.1 Å². The van der Waals surface area contributed by atoms with Crippen molar-refractivity contribution in [2.24, 2.45) is 11.8 Å². The summed E-state index contributed by atoms with van der Waals surface area (Å²) < 4.78 is 0. The zero-order valence-electron chi connectivity index (χ0n) is 8.25. The van der Waals surface area contributed by atoms with E-state index in [1.54, 1.807) is 0 Å². The van der Waals surface area contributed by atoms with Crippen LogP contribution < -0.4 is 0 Å². The summed E-state index contributed by atoms with van der Waals surface area (Å²) in [4.78, 5) is 22.9. The molecule has 1 aliphatic rings. The Hall–Kier alpha value is -0.920. The van der Waals surface area contributed by atoms with Crippen LogP contribution in [-0.4, -0.2) is 11.6 Å². The van der Waals surface area contributed by atoms with Crippen LogP contribution >= 0.6 is 0 Å². The van der Waals surface area contributed by atoms with E-state index in [4.69, 9.17) is 0 Å². The fourth-order valence-corrected chi connectivity index (χ4v) is 1.92. The Morgan fingerprint density at radius 1 is 1.31 bits per heavy atom. The van der Waals surface area contributed by atoms with E-state index in [2.05, 4.69) is 0 Å². The molecule has 0 amide bonds. The highest BCUT2D eigenvalue weighted by molar-refractivity contribution is 6.04. The van der Waals surface area contributed by atoms with Gasteiger partial charge in [0.1, 0.15) is 11.6 Å². The lowest BCUT2D eigenvalue weighted by atomic mass is 9.79. The van der Waals surface area contributed by atoms with Crippen molar-refractivity contribution in [3.05, 3.63) is 12.2 Å². The Morgan fingerprint density at radius 3 is 2.23 bits per heavy atom. The van der Waals surface area contributed by atoms with Gasteiger partial charge in [-0.05, 0) is 19.3 Å². The monoisotopic (exact) mass is 180 g/mol. The molecular weight excluding hydrogens is 164 g/mol. The number of rotatable bonds is 2. The maximum Gasteiger partial charge on any atom is 0.143 e. The summed E-state index contributed by atoms with van der Waals surface area (Å²) in [6.07, 6.45) is 5.64. The van der Waals surface area contributed by atoms with Gasteiger partial charge < -0.3 is 0 Å². The molecule has 0 unspecified atom stereocenters. The number of hydrogen-bond acceptors (Lipinski definition) is 2. The molecule has 0 saturated heterocycles. The van der Waals surface area contributed by atoms with Crippen LogP contribution in [0.5, 0.6) is 0 Å². The van der Waals surface area contributed by atoms with E-state index >= 15 is 0 Å². The molecule has 0 atom stereocenters. The van der Waals surface area contributed by atoms with Crippen molar-refractivity contribution >= 4 is 11.6 Å². The van der Waals surface area contributed by atoms with Crippen molar-refractivity contribution in [1.82, 2.24) is 0 Å². The van der Waals surface area contributed by atoms with Crippen molar-refractivity contribution in [2.45, 2.75) is 33.1 Å². The average molecular weight is 180 g/mol. The molecule has 1 saturated carbocycles. The lowest BCUT2D eigenvalue weighted by Crippen LogP contribution is -2.32. The molecule has 1 fully saturated rings. The zero-order valence-corrected chi connectivity index (χ0v) is 8.25. The van der Waals surface area contributed by atoms with E-state index in [0.717, 1.165) is 0 Å². The number of Topliss-reactive ketones (excluding diaryl/α,β-unsaturated/α-hetero) is 2. The second kappa shape index (κ2) is 4.35. The summed E-state index contributed by atoms with van der Waals surface area (Å²) in [6, 6.07) is 0. The van der Waals surface area contributed by atoms with Gasteiger partial charge in [0.15, 0.2) is 0 Å². The van der Waals surface area contributed by atoms with Gasteiger partial charge in [-0.1, -0.05) is 19.1 Å². The molecule has 13 heavy (non-hydrogen) atoms. The second-order valence-corrected chi connectivity index (χ2v) is 3.59. The third kappa shape index (κ3) is 2.27. The summed E-state index contributed by atoms with van der Waals surface area (Å²) in [5.74, 6) is 0.109.